The fraction of sp³-hybridized carbons (Fsp3) is 0.318. The van der Waals surface area contributed by atoms with Crippen LogP contribution in [0.15, 0.2) is 30.3 Å². The zero-order valence-electron chi connectivity index (χ0n) is 18.3. The molecule has 0 aliphatic heterocycles. The molecule has 9 nitrogen and oxygen atoms in total. The third kappa shape index (κ3) is 6.36. The first-order chi connectivity index (χ1) is 14.8. The molecule has 9 heteroatoms. The van der Waals surface area contributed by atoms with Gasteiger partial charge in [-0.1, -0.05) is 17.7 Å². The Balaban J connectivity index is 1.88. The van der Waals surface area contributed by atoms with Crippen molar-refractivity contribution in [2.75, 3.05) is 26.6 Å². The molecule has 0 atom stereocenters. The largest absolute Gasteiger partial charge is 0.493 e. The number of hydrazine groups is 1. The molecule has 0 aliphatic rings. The van der Waals surface area contributed by atoms with Crippen LogP contribution in [0.2, 0.25) is 0 Å². The predicted octanol–water partition coefficient (Wildman–Crippen LogP) is 2.51. The Bertz CT molecular complexity index is 949. The number of aryl methyl sites for hydroxylation is 2. The summed E-state index contributed by atoms with van der Waals surface area (Å²) in [5, 5.41) is 2.77. The van der Waals surface area contributed by atoms with Gasteiger partial charge in [-0.3, -0.25) is 25.2 Å². The van der Waals surface area contributed by atoms with E-state index in [-0.39, 0.29) is 24.3 Å². The van der Waals surface area contributed by atoms with Gasteiger partial charge in [0.1, 0.15) is 0 Å². The summed E-state index contributed by atoms with van der Waals surface area (Å²) in [6, 6.07) is 8.59. The first-order valence-electron chi connectivity index (χ1n) is 9.55. The van der Waals surface area contributed by atoms with Crippen LogP contribution in [0.5, 0.6) is 17.2 Å². The highest BCUT2D eigenvalue weighted by Gasteiger charge is 2.17. The zero-order valence-corrected chi connectivity index (χ0v) is 18.3. The van der Waals surface area contributed by atoms with Gasteiger partial charge < -0.3 is 19.5 Å². The van der Waals surface area contributed by atoms with Crippen molar-refractivity contribution in [2.45, 2.75) is 26.7 Å². The van der Waals surface area contributed by atoms with Crippen molar-refractivity contribution < 1.29 is 28.6 Å². The Hall–Kier alpha value is -3.75. The number of ether oxygens (including phenoxy) is 3. The lowest BCUT2D eigenvalue weighted by Gasteiger charge is -2.14. The van der Waals surface area contributed by atoms with Crippen LogP contribution in [0.4, 0.5) is 5.69 Å². The van der Waals surface area contributed by atoms with Crippen LogP contribution >= 0.6 is 0 Å². The topological polar surface area (TPSA) is 115 Å². The van der Waals surface area contributed by atoms with Crippen molar-refractivity contribution in [2.24, 2.45) is 0 Å². The molecule has 2 aromatic carbocycles. The predicted molar refractivity (Wildman–Crippen MR) is 115 cm³/mol. The summed E-state index contributed by atoms with van der Waals surface area (Å²) in [7, 11) is 4.32. The fourth-order valence-electron chi connectivity index (χ4n) is 2.87. The number of methoxy groups -OCH3 is 3. The molecular weight excluding hydrogens is 402 g/mol. The van der Waals surface area contributed by atoms with Crippen LogP contribution in [0.1, 0.15) is 34.3 Å². The molecular formula is C22H27N3O6. The maximum atomic E-state index is 12.4. The lowest BCUT2D eigenvalue weighted by molar-refractivity contribution is -0.124. The van der Waals surface area contributed by atoms with Gasteiger partial charge in [0.15, 0.2) is 11.5 Å². The minimum absolute atomic E-state index is 0.0286. The summed E-state index contributed by atoms with van der Waals surface area (Å²) in [6.45, 7) is 3.86. The molecule has 0 saturated heterocycles. The molecule has 0 unspecified atom stereocenters. The number of rotatable bonds is 8. The van der Waals surface area contributed by atoms with E-state index in [2.05, 4.69) is 16.2 Å². The standard InChI is InChI=1S/C22H27N3O6/c1-13-6-7-16(14(2)10-13)23-19(26)8-9-20(27)24-25-22(28)15-11-17(29-3)21(31-5)18(12-15)30-4/h6-7,10-12H,8-9H2,1-5H3,(H,23,26)(H,24,27)(H,25,28). The molecule has 0 radical (unpaired) electrons. The zero-order chi connectivity index (χ0) is 23.0. The first-order valence-corrected chi connectivity index (χ1v) is 9.55. The van der Waals surface area contributed by atoms with Crippen molar-refractivity contribution in [1.82, 2.24) is 10.9 Å². The molecule has 0 spiro atoms. The van der Waals surface area contributed by atoms with Crippen LogP contribution in [0, 0.1) is 13.8 Å². The van der Waals surface area contributed by atoms with Crippen molar-refractivity contribution in [3.63, 3.8) is 0 Å². The number of hydrogen-bond acceptors (Lipinski definition) is 6. The molecule has 3 N–H and O–H groups in total. The maximum absolute atomic E-state index is 12.4. The Morgan fingerprint density at radius 2 is 1.42 bits per heavy atom. The van der Waals surface area contributed by atoms with Crippen LogP contribution in [0.3, 0.4) is 0 Å². The van der Waals surface area contributed by atoms with E-state index < -0.39 is 11.8 Å². The smallest absolute Gasteiger partial charge is 0.269 e. The Morgan fingerprint density at radius 3 is 1.97 bits per heavy atom. The average molecular weight is 429 g/mol. The molecule has 0 saturated carbocycles. The molecule has 0 aliphatic carbocycles. The number of benzene rings is 2. The van der Waals surface area contributed by atoms with E-state index in [0.717, 1.165) is 11.1 Å². The number of anilines is 1. The SMILES string of the molecule is COc1cc(C(=O)NNC(=O)CCC(=O)Nc2ccc(C)cc2C)cc(OC)c1OC. The van der Waals surface area contributed by atoms with Gasteiger partial charge in [0, 0.05) is 24.1 Å². The molecule has 0 heterocycles. The van der Waals surface area contributed by atoms with Gasteiger partial charge >= 0.3 is 0 Å². The van der Waals surface area contributed by atoms with Gasteiger partial charge in [-0.2, -0.15) is 0 Å². The quantitative estimate of drug-likeness (QED) is 0.556. The van der Waals surface area contributed by atoms with E-state index in [9.17, 15) is 14.4 Å². The first kappa shape index (κ1) is 23.5. The van der Waals surface area contributed by atoms with E-state index in [0.29, 0.717) is 22.9 Å². The summed E-state index contributed by atoms with van der Waals surface area (Å²) < 4.78 is 15.6. The second-order valence-electron chi connectivity index (χ2n) is 6.78. The van der Waals surface area contributed by atoms with Crippen molar-refractivity contribution >= 4 is 23.4 Å². The molecule has 3 amide bonds. The highest BCUT2D eigenvalue weighted by molar-refractivity contribution is 5.97. The summed E-state index contributed by atoms with van der Waals surface area (Å²) in [4.78, 5) is 36.5. The minimum atomic E-state index is -0.577. The van der Waals surface area contributed by atoms with Gasteiger partial charge in [0.05, 0.1) is 21.3 Å². The molecule has 0 fully saturated rings. The third-order valence-electron chi connectivity index (χ3n) is 4.48. The Kier molecular flexibility index (Phi) is 8.25. The molecule has 31 heavy (non-hydrogen) atoms. The van der Waals surface area contributed by atoms with Gasteiger partial charge in [0.25, 0.3) is 5.91 Å². The van der Waals surface area contributed by atoms with E-state index in [1.165, 1.54) is 33.5 Å². The molecule has 2 aromatic rings. The van der Waals surface area contributed by atoms with Crippen LogP contribution in [-0.2, 0) is 9.59 Å². The number of amides is 3. The number of carbonyl (C=O) groups excluding carboxylic acids is 3. The number of carbonyl (C=O) groups is 3. The summed E-state index contributed by atoms with van der Waals surface area (Å²) in [6.07, 6.45) is -0.120. The lowest BCUT2D eigenvalue weighted by Crippen LogP contribution is -2.41. The van der Waals surface area contributed by atoms with Crippen LogP contribution in [-0.4, -0.2) is 39.1 Å². The monoisotopic (exact) mass is 429 g/mol. The highest BCUT2D eigenvalue weighted by atomic mass is 16.5. The second-order valence-corrected chi connectivity index (χ2v) is 6.78. The fourth-order valence-corrected chi connectivity index (χ4v) is 2.87. The summed E-state index contributed by atoms with van der Waals surface area (Å²) >= 11 is 0. The lowest BCUT2D eigenvalue weighted by atomic mass is 10.1. The average Bonchev–Trinajstić information content (AvgIpc) is 2.76. The minimum Gasteiger partial charge on any atom is -0.493 e. The number of nitrogens with one attached hydrogen (secondary N) is 3. The molecule has 166 valence electrons. The van der Waals surface area contributed by atoms with Crippen LogP contribution < -0.4 is 30.4 Å². The summed E-state index contributed by atoms with van der Waals surface area (Å²) in [5.41, 5.74) is 7.53. The van der Waals surface area contributed by atoms with E-state index in [4.69, 9.17) is 14.2 Å². The maximum Gasteiger partial charge on any atom is 0.269 e. The van der Waals surface area contributed by atoms with E-state index in [1.54, 1.807) is 0 Å². The van der Waals surface area contributed by atoms with Crippen molar-refractivity contribution in [3.05, 3.63) is 47.0 Å². The van der Waals surface area contributed by atoms with E-state index in [1.807, 2.05) is 32.0 Å². The second kappa shape index (κ2) is 10.9. The Morgan fingerprint density at radius 1 is 0.806 bits per heavy atom. The Labute approximate surface area is 181 Å². The molecule has 0 aromatic heterocycles. The van der Waals surface area contributed by atoms with Crippen LogP contribution in [0.25, 0.3) is 0 Å². The molecule has 0 bridgehead atoms. The van der Waals surface area contributed by atoms with Gasteiger partial charge in [-0.15, -0.1) is 0 Å². The summed E-state index contributed by atoms with van der Waals surface area (Å²) in [5.74, 6) is -0.412. The third-order valence-corrected chi connectivity index (χ3v) is 4.48. The van der Waals surface area contributed by atoms with E-state index >= 15 is 0 Å². The van der Waals surface area contributed by atoms with Crippen molar-refractivity contribution in [3.8, 4) is 17.2 Å². The van der Waals surface area contributed by atoms with Gasteiger partial charge in [0.2, 0.25) is 17.6 Å². The molecule has 2 rings (SSSR count). The van der Waals surface area contributed by atoms with Crippen molar-refractivity contribution in [1.29, 1.82) is 0 Å². The van der Waals surface area contributed by atoms with Gasteiger partial charge in [-0.05, 0) is 37.6 Å². The normalized spacial score (nSPS) is 10.1. The number of hydrogen-bond donors (Lipinski definition) is 3. The van der Waals surface area contributed by atoms with Gasteiger partial charge in [-0.25, -0.2) is 0 Å². The highest BCUT2D eigenvalue weighted by Crippen LogP contribution is 2.38.